The Balaban J connectivity index is 2.31. The van der Waals surface area contributed by atoms with Crippen LogP contribution in [0.2, 0.25) is 0 Å². The molecule has 1 saturated heterocycles. The molecular weight excluding hydrogens is 242 g/mol. The Labute approximate surface area is 113 Å². The molecule has 1 heterocycles. The monoisotopic (exact) mass is 263 g/mol. The van der Waals surface area contributed by atoms with Gasteiger partial charge in [0, 0.05) is 12.6 Å². The van der Waals surface area contributed by atoms with E-state index in [9.17, 15) is 4.79 Å². The number of methoxy groups -OCH3 is 1. The summed E-state index contributed by atoms with van der Waals surface area (Å²) in [4.78, 5) is 13.5. The molecule has 1 aromatic rings. The fourth-order valence-corrected chi connectivity index (χ4v) is 2.64. The number of nitrogens with two attached hydrogens (primary N) is 2. The lowest BCUT2D eigenvalue weighted by Gasteiger charge is -2.39. The van der Waals surface area contributed by atoms with E-state index in [1.807, 2.05) is 18.2 Å². The second-order valence-electron chi connectivity index (χ2n) is 5.07. The van der Waals surface area contributed by atoms with Gasteiger partial charge in [-0.15, -0.1) is 0 Å². The Morgan fingerprint density at radius 3 is 2.79 bits per heavy atom. The van der Waals surface area contributed by atoms with Crippen LogP contribution in [0.5, 0.6) is 5.75 Å². The topological polar surface area (TPSA) is 81.6 Å². The maximum absolute atomic E-state index is 11.4. The minimum Gasteiger partial charge on any atom is -0.495 e. The highest BCUT2D eigenvalue weighted by Crippen LogP contribution is 2.36. The van der Waals surface area contributed by atoms with Crippen molar-refractivity contribution in [3.8, 4) is 5.75 Å². The van der Waals surface area contributed by atoms with Crippen LogP contribution < -0.4 is 21.1 Å². The first kappa shape index (κ1) is 13.5. The van der Waals surface area contributed by atoms with E-state index in [1.54, 1.807) is 7.11 Å². The highest BCUT2D eigenvalue weighted by atomic mass is 16.5. The van der Waals surface area contributed by atoms with Gasteiger partial charge in [-0.05, 0) is 31.9 Å². The third-order valence-electron chi connectivity index (χ3n) is 3.86. The largest absolute Gasteiger partial charge is 0.495 e. The van der Waals surface area contributed by atoms with E-state index >= 15 is 0 Å². The number of piperidine rings is 1. The number of para-hydroxylation sites is 1. The highest BCUT2D eigenvalue weighted by Gasteiger charge is 2.30. The van der Waals surface area contributed by atoms with Gasteiger partial charge in [0.25, 0.3) is 0 Å². The van der Waals surface area contributed by atoms with Crippen LogP contribution in [0.1, 0.15) is 19.8 Å². The van der Waals surface area contributed by atoms with Gasteiger partial charge in [0.15, 0.2) is 0 Å². The summed E-state index contributed by atoms with van der Waals surface area (Å²) in [7, 11) is 1.60. The Morgan fingerprint density at radius 2 is 2.16 bits per heavy atom. The van der Waals surface area contributed by atoms with Gasteiger partial charge in [0.05, 0.1) is 24.4 Å². The Hall–Kier alpha value is -1.91. The summed E-state index contributed by atoms with van der Waals surface area (Å²) in [5, 5.41) is 0. The second kappa shape index (κ2) is 5.38. The van der Waals surface area contributed by atoms with Crippen LogP contribution in [0.4, 0.5) is 11.4 Å². The molecule has 19 heavy (non-hydrogen) atoms. The van der Waals surface area contributed by atoms with Crippen LogP contribution in [-0.2, 0) is 4.79 Å². The van der Waals surface area contributed by atoms with Crippen LogP contribution >= 0.6 is 0 Å². The van der Waals surface area contributed by atoms with E-state index in [0.717, 1.165) is 18.5 Å². The van der Waals surface area contributed by atoms with E-state index in [-0.39, 0.29) is 11.8 Å². The van der Waals surface area contributed by atoms with Gasteiger partial charge >= 0.3 is 0 Å². The lowest BCUT2D eigenvalue weighted by atomic mass is 9.92. The first-order chi connectivity index (χ1) is 9.04. The molecule has 104 valence electrons. The predicted octanol–water partition coefficient (Wildman–Crippen LogP) is 1.37. The number of benzene rings is 1. The molecular formula is C14H21N3O2. The minimum absolute atomic E-state index is 0.109. The molecule has 1 aliphatic rings. The van der Waals surface area contributed by atoms with Crippen molar-refractivity contribution < 1.29 is 9.53 Å². The van der Waals surface area contributed by atoms with E-state index in [0.29, 0.717) is 24.0 Å². The molecule has 0 saturated carbocycles. The summed E-state index contributed by atoms with van der Waals surface area (Å²) in [6.07, 6.45) is 1.78. The fraction of sp³-hybridized carbons (Fsp3) is 0.500. The van der Waals surface area contributed by atoms with Crippen molar-refractivity contribution >= 4 is 17.3 Å². The van der Waals surface area contributed by atoms with Crippen molar-refractivity contribution in [1.29, 1.82) is 0 Å². The van der Waals surface area contributed by atoms with Crippen LogP contribution in [-0.4, -0.2) is 25.6 Å². The molecule has 1 amide bonds. The maximum Gasteiger partial charge on any atom is 0.222 e. The summed E-state index contributed by atoms with van der Waals surface area (Å²) in [6.45, 7) is 2.75. The van der Waals surface area contributed by atoms with E-state index in [1.165, 1.54) is 0 Å². The Bertz CT molecular complexity index is 476. The number of rotatable bonds is 3. The molecule has 0 spiro atoms. The number of ether oxygens (including phenoxy) is 1. The van der Waals surface area contributed by atoms with Crippen molar-refractivity contribution in [3.63, 3.8) is 0 Å². The van der Waals surface area contributed by atoms with Crippen LogP contribution in [0.3, 0.4) is 0 Å². The molecule has 0 aromatic heterocycles. The zero-order valence-corrected chi connectivity index (χ0v) is 11.4. The molecule has 0 radical (unpaired) electrons. The molecule has 2 unspecified atom stereocenters. The first-order valence-corrected chi connectivity index (χ1v) is 6.53. The highest BCUT2D eigenvalue weighted by molar-refractivity contribution is 5.79. The molecule has 4 N–H and O–H groups in total. The van der Waals surface area contributed by atoms with E-state index in [4.69, 9.17) is 16.2 Å². The summed E-state index contributed by atoms with van der Waals surface area (Å²) < 4.78 is 5.24. The minimum atomic E-state index is -0.238. The molecule has 2 rings (SSSR count). The number of nitrogen functional groups attached to an aromatic ring is 1. The van der Waals surface area contributed by atoms with E-state index < -0.39 is 0 Å². The number of hydrogen-bond acceptors (Lipinski definition) is 4. The van der Waals surface area contributed by atoms with Gasteiger partial charge in [0.2, 0.25) is 5.91 Å². The number of anilines is 2. The number of hydrogen-bond donors (Lipinski definition) is 2. The molecule has 5 nitrogen and oxygen atoms in total. The molecule has 0 aliphatic carbocycles. The third kappa shape index (κ3) is 2.59. The smallest absolute Gasteiger partial charge is 0.222 e. The molecule has 2 atom stereocenters. The van der Waals surface area contributed by atoms with Gasteiger partial charge in [-0.1, -0.05) is 6.07 Å². The Morgan fingerprint density at radius 1 is 1.42 bits per heavy atom. The van der Waals surface area contributed by atoms with Gasteiger partial charge in [-0.25, -0.2) is 0 Å². The number of nitrogens with zero attached hydrogens (tertiary/aromatic N) is 1. The average Bonchev–Trinajstić information content (AvgIpc) is 2.39. The van der Waals surface area contributed by atoms with Crippen molar-refractivity contribution in [1.82, 2.24) is 0 Å². The number of primary amides is 1. The SMILES string of the molecule is COc1cccc(N2CC(C(N)=O)CCC2C)c1N. The summed E-state index contributed by atoms with van der Waals surface area (Å²) in [6, 6.07) is 6.03. The van der Waals surface area contributed by atoms with Crippen molar-refractivity contribution in [3.05, 3.63) is 18.2 Å². The standard InChI is InChI=1S/C14H21N3O2/c1-9-6-7-10(14(16)18)8-17(9)11-4-3-5-12(19-2)13(11)15/h3-5,9-10H,6-8,15H2,1-2H3,(H2,16,18). The molecule has 5 heteroatoms. The second-order valence-corrected chi connectivity index (χ2v) is 5.07. The van der Waals surface area contributed by atoms with Gasteiger partial charge in [0.1, 0.15) is 5.75 Å². The zero-order chi connectivity index (χ0) is 14.0. The van der Waals surface area contributed by atoms with Crippen molar-refractivity contribution in [2.24, 2.45) is 11.7 Å². The van der Waals surface area contributed by atoms with Crippen LogP contribution in [0.15, 0.2) is 18.2 Å². The lowest BCUT2D eigenvalue weighted by molar-refractivity contribution is -0.122. The van der Waals surface area contributed by atoms with Crippen molar-refractivity contribution in [2.45, 2.75) is 25.8 Å². The summed E-state index contributed by atoms with van der Waals surface area (Å²) in [5.41, 5.74) is 13.1. The van der Waals surface area contributed by atoms with Gasteiger partial charge in [-0.2, -0.15) is 0 Å². The fourth-order valence-electron chi connectivity index (χ4n) is 2.64. The zero-order valence-electron chi connectivity index (χ0n) is 11.4. The van der Waals surface area contributed by atoms with Gasteiger partial charge < -0.3 is 21.1 Å². The van der Waals surface area contributed by atoms with E-state index in [2.05, 4.69) is 11.8 Å². The summed E-state index contributed by atoms with van der Waals surface area (Å²) >= 11 is 0. The van der Waals surface area contributed by atoms with Crippen LogP contribution in [0, 0.1) is 5.92 Å². The summed E-state index contributed by atoms with van der Waals surface area (Å²) in [5.74, 6) is 0.311. The van der Waals surface area contributed by atoms with Crippen molar-refractivity contribution in [2.75, 3.05) is 24.3 Å². The average molecular weight is 263 g/mol. The van der Waals surface area contributed by atoms with Gasteiger partial charge in [-0.3, -0.25) is 4.79 Å². The maximum atomic E-state index is 11.4. The quantitative estimate of drug-likeness (QED) is 0.807. The number of carbonyl (C=O) groups is 1. The molecule has 1 aromatic carbocycles. The molecule has 1 aliphatic heterocycles. The third-order valence-corrected chi connectivity index (χ3v) is 3.86. The predicted molar refractivity (Wildman–Crippen MR) is 76.1 cm³/mol. The normalized spacial score (nSPS) is 23.2. The lowest BCUT2D eigenvalue weighted by Crippen LogP contribution is -2.46. The van der Waals surface area contributed by atoms with Crippen LogP contribution in [0.25, 0.3) is 0 Å². The Kier molecular flexibility index (Phi) is 3.83. The molecule has 0 bridgehead atoms. The first-order valence-electron chi connectivity index (χ1n) is 6.53. The number of carbonyl (C=O) groups excluding carboxylic acids is 1. The molecule has 1 fully saturated rings. The number of amides is 1.